The van der Waals surface area contributed by atoms with Crippen LogP contribution in [-0.4, -0.2) is 11.5 Å². The van der Waals surface area contributed by atoms with Crippen molar-refractivity contribution in [1.29, 1.82) is 0 Å². The molecule has 1 N–H and O–H groups in total. The van der Waals surface area contributed by atoms with Crippen LogP contribution in [0.15, 0.2) is 11.6 Å². The van der Waals surface area contributed by atoms with E-state index in [4.69, 9.17) is 0 Å². The lowest BCUT2D eigenvalue weighted by Crippen LogP contribution is -1.99. The molecule has 2 nitrogen and oxygen atoms in total. The van der Waals surface area contributed by atoms with E-state index in [-0.39, 0.29) is 1.43 Å². The summed E-state index contributed by atoms with van der Waals surface area (Å²) in [7, 11) is 0. The average molecular weight is 188 g/mol. The molecule has 1 aromatic heterocycles. The number of thiazole rings is 1. The maximum absolute atomic E-state index is 4.10. The highest BCUT2D eigenvalue weighted by Gasteiger charge is 1.89. The minimum atomic E-state index is 0. The number of hydrogen-bond acceptors (Lipinski definition) is 3. The number of unbranched alkanes of at least 4 members (excludes halogenated alkanes) is 1. The molecule has 1 rings (SSSR count). The predicted octanol–water partition coefficient (Wildman–Crippen LogP) is 3.63. The van der Waals surface area contributed by atoms with Gasteiger partial charge in [-0.1, -0.05) is 27.2 Å². The molecule has 0 bridgehead atoms. The van der Waals surface area contributed by atoms with Crippen molar-refractivity contribution in [3.05, 3.63) is 11.6 Å². The fourth-order valence-electron chi connectivity index (χ4n) is 0.683. The number of aromatic nitrogens is 1. The normalized spacial score (nSPS) is 8.58. The second kappa shape index (κ2) is 8.53. The van der Waals surface area contributed by atoms with Crippen LogP contribution < -0.4 is 5.32 Å². The Morgan fingerprint density at radius 1 is 1.58 bits per heavy atom. The fraction of sp³-hybridized carbons (Fsp3) is 0.667. The van der Waals surface area contributed by atoms with Crippen LogP contribution in [0.2, 0.25) is 0 Å². The molecule has 0 saturated heterocycles. The molecule has 0 fully saturated rings. The van der Waals surface area contributed by atoms with Gasteiger partial charge in [0.05, 0.1) is 0 Å². The van der Waals surface area contributed by atoms with Gasteiger partial charge < -0.3 is 5.32 Å². The third kappa shape index (κ3) is 5.13. The highest BCUT2D eigenvalue weighted by Crippen LogP contribution is 2.09. The Kier molecular flexibility index (Phi) is 8.12. The lowest BCUT2D eigenvalue weighted by Gasteiger charge is -1.97. The first-order valence-electron chi connectivity index (χ1n) is 4.57. The summed E-state index contributed by atoms with van der Waals surface area (Å²) in [6.45, 7) is 7.23. The van der Waals surface area contributed by atoms with Gasteiger partial charge in [-0.3, -0.25) is 0 Å². The molecule has 0 atom stereocenters. The zero-order valence-electron chi connectivity index (χ0n) is 8.13. The molecule has 0 spiro atoms. The van der Waals surface area contributed by atoms with E-state index >= 15 is 0 Å². The van der Waals surface area contributed by atoms with Crippen molar-refractivity contribution < 1.29 is 1.43 Å². The van der Waals surface area contributed by atoms with Gasteiger partial charge in [-0.15, -0.1) is 11.3 Å². The summed E-state index contributed by atoms with van der Waals surface area (Å²) in [6, 6.07) is 0. The van der Waals surface area contributed by atoms with E-state index in [2.05, 4.69) is 17.2 Å². The third-order valence-corrected chi connectivity index (χ3v) is 1.97. The fourth-order valence-corrected chi connectivity index (χ4v) is 1.24. The monoisotopic (exact) mass is 188 g/mol. The van der Waals surface area contributed by atoms with Gasteiger partial charge in [-0.25, -0.2) is 4.98 Å². The smallest absolute Gasteiger partial charge is 0.182 e. The molecule has 72 valence electrons. The maximum Gasteiger partial charge on any atom is 0.182 e. The van der Waals surface area contributed by atoms with Gasteiger partial charge in [0, 0.05) is 19.5 Å². The quantitative estimate of drug-likeness (QED) is 0.730. The molecule has 0 aliphatic rings. The molecular weight excluding hydrogens is 168 g/mol. The minimum Gasteiger partial charge on any atom is -0.362 e. The summed E-state index contributed by atoms with van der Waals surface area (Å²) >= 11 is 1.65. The first-order valence-corrected chi connectivity index (χ1v) is 5.45. The van der Waals surface area contributed by atoms with E-state index < -0.39 is 0 Å². The molecule has 0 aromatic carbocycles. The highest BCUT2D eigenvalue weighted by molar-refractivity contribution is 7.13. The lowest BCUT2D eigenvalue weighted by atomic mass is 10.3. The number of nitrogens with zero attached hydrogens (tertiary/aromatic N) is 1. The summed E-state index contributed by atoms with van der Waals surface area (Å²) < 4.78 is 0. The van der Waals surface area contributed by atoms with E-state index in [0.717, 1.165) is 11.7 Å². The van der Waals surface area contributed by atoms with Gasteiger partial charge in [0.1, 0.15) is 0 Å². The predicted molar refractivity (Wildman–Crippen MR) is 59.0 cm³/mol. The van der Waals surface area contributed by atoms with Crippen molar-refractivity contribution in [2.75, 3.05) is 11.9 Å². The SMILES string of the molecule is CC.CCCCNc1nccs1.[HH]. The van der Waals surface area contributed by atoms with Crippen LogP contribution in [-0.2, 0) is 0 Å². The largest absolute Gasteiger partial charge is 0.362 e. The summed E-state index contributed by atoms with van der Waals surface area (Å²) in [5, 5.41) is 6.25. The molecule has 0 amide bonds. The molecular formula is C9H20N2S. The first kappa shape index (κ1) is 11.4. The Balaban J connectivity index is 0. The van der Waals surface area contributed by atoms with E-state index in [1.807, 2.05) is 25.4 Å². The third-order valence-electron chi connectivity index (χ3n) is 1.24. The number of nitrogens with one attached hydrogen (secondary N) is 1. The van der Waals surface area contributed by atoms with Gasteiger partial charge in [-0.05, 0) is 6.42 Å². The zero-order chi connectivity index (χ0) is 9.23. The topological polar surface area (TPSA) is 24.9 Å². The molecule has 12 heavy (non-hydrogen) atoms. The van der Waals surface area contributed by atoms with Crippen molar-refractivity contribution in [2.45, 2.75) is 33.6 Å². The number of hydrogen-bond donors (Lipinski definition) is 1. The molecule has 1 heterocycles. The molecule has 1 aromatic rings. The van der Waals surface area contributed by atoms with Crippen molar-refractivity contribution >= 4 is 16.5 Å². The van der Waals surface area contributed by atoms with Crippen molar-refractivity contribution in [3.8, 4) is 0 Å². The van der Waals surface area contributed by atoms with Crippen LogP contribution in [0.1, 0.15) is 35.0 Å². The van der Waals surface area contributed by atoms with Gasteiger partial charge >= 0.3 is 0 Å². The molecule has 0 saturated carbocycles. The van der Waals surface area contributed by atoms with Crippen molar-refractivity contribution in [1.82, 2.24) is 4.98 Å². The van der Waals surface area contributed by atoms with Gasteiger partial charge in [0.15, 0.2) is 5.13 Å². The Hall–Kier alpha value is -0.570. The Bertz CT molecular complexity index is 166. The molecule has 0 aliphatic heterocycles. The van der Waals surface area contributed by atoms with Crippen molar-refractivity contribution in [3.63, 3.8) is 0 Å². The van der Waals surface area contributed by atoms with Crippen LogP contribution in [0, 0.1) is 0 Å². The second-order valence-corrected chi connectivity index (χ2v) is 3.01. The Morgan fingerprint density at radius 2 is 2.33 bits per heavy atom. The lowest BCUT2D eigenvalue weighted by molar-refractivity contribution is 0.833. The average Bonchev–Trinajstić information content (AvgIpc) is 2.61. The first-order chi connectivity index (χ1) is 5.93. The number of rotatable bonds is 4. The van der Waals surface area contributed by atoms with Crippen LogP contribution in [0.25, 0.3) is 0 Å². The van der Waals surface area contributed by atoms with Gasteiger partial charge in [0.2, 0.25) is 0 Å². The molecule has 0 radical (unpaired) electrons. The van der Waals surface area contributed by atoms with Crippen LogP contribution in [0.5, 0.6) is 0 Å². The zero-order valence-corrected chi connectivity index (χ0v) is 8.95. The molecule has 0 unspecified atom stereocenters. The molecule has 3 heteroatoms. The summed E-state index contributed by atoms with van der Waals surface area (Å²) in [4.78, 5) is 4.10. The van der Waals surface area contributed by atoms with E-state index in [9.17, 15) is 0 Å². The summed E-state index contributed by atoms with van der Waals surface area (Å²) in [5.74, 6) is 0. The van der Waals surface area contributed by atoms with Gasteiger partial charge in [-0.2, -0.15) is 0 Å². The summed E-state index contributed by atoms with van der Waals surface area (Å²) in [6.07, 6.45) is 4.27. The van der Waals surface area contributed by atoms with E-state index in [1.165, 1.54) is 12.8 Å². The Labute approximate surface area is 80.5 Å². The van der Waals surface area contributed by atoms with Crippen LogP contribution >= 0.6 is 11.3 Å². The minimum absolute atomic E-state index is 0. The van der Waals surface area contributed by atoms with Crippen LogP contribution in [0.4, 0.5) is 5.13 Å². The van der Waals surface area contributed by atoms with E-state index in [0.29, 0.717) is 0 Å². The van der Waals surface area contributed by atoms with Gasteiger partial charge in [0.25, 0.3) is 0 Å². The highest BCUT2D eigenvalue weighted by atomic mass is 32.1. The maximum atomic E-state index is 4.10. The summed E-state index contributed by atoms with van der Waals surface area (Å²) in [5.41, 5.74) is 0. The standard InChI is InChI=1S/C7H12N2S.C2H6.H2/c1-2-3-4-8-7-9-5-6-10-7;1-2;/h5-6H,2-4H2,1H3,(H,8,9);1-2H3;1H. The molecule has 0 aliphatic carbocycles. The Morgan fingerprint density at radius 3 is 2.83 bits per heavy atom. The second-order valence-electron chi connectivity index (χ2n) is 2.12. The van der Waals surface area contributed by atoms with E-state index in [1.54, 1.807) is 11.3 Å². The van der Waals surface area contributed by atoms with Crippen LogP contribution in [0.3, 0.4) is 0 Å². The number of anilines is 1. The van der Waals surface area contributed by atoms with Crippen molar-refractivity contribution in [2.24, 2.45) is 0 Å².